The van der Waals surface area contributed by atoms with Crippen molar-refractivity contribution in [1.82, 2.24) is 4.72 Å². The van der Waals surface area contributed by atoms with Gasteiger partial charge >= 0.3 is 16.4 Å². The Hall–Kier alpha value is -1.08. The molecule has 0 aromatic rings. The Morgan fingerprint density at radius 3 is 2.65 bits per heavy atom. The van der Waals surface area contributed by atoms with Crippen molar-refractivity contribution in [3.63, 3.8) is 0 Å². The number of rotatable bonds is 12. The lowest BCUT2D eigenvalue weighted by molar-refractivity contribution is -0.137. The van der Waals surface area contributed by atoms with E-state index < -0.39 is 22.4 Å². The quantitative estimate of drug-likeness (QED) is 0.113. The van der Waals surface area contributed by atoms with Crippen LogP contribution in [0.25, 0.3) is 0 Å². The highest BCUT2D eigenvalue weighted by Crippen LogP contribution is 2.11. The zero-order valence-corrected chi connectivity index (χ0v) is 14.7. The number of aldehydes is 1. The van der Waals surface area contributed by atoms with Crippen molar-refractivity contribution in [2.45, 2.75) is 31.7 Å². The molecule has 0 radical (unpaired) electrons. The Labute approximate surface area is 143 Å². The average molecular weight is 386 g/mol. The van der Waals surface area contributed by atoms with Gasteiger partial charge in [-0.05, 0) is 36.5 Å². The van der Waals surface area contributed by atoms with Crippen LogP contribution in [0.4, 0.5) is 0 Å². The van der Waals surface area contributed by atoms with Crippen molar-refractivity contribution in [2.24, 2.45) is 5.16 Å². The molecule has 0 aliphatic carbocycles. The van der Waals surface area contributed by atoms with Gasteiger partial charge in [0.15, 0.2) is 0 Å². The minimum absolute atomic E-state index is 0.0741. The summed E-state index contributed by atoms with van der Waals surface area (Å²) in [5, 5.41) is 13.9. The summed E-state index contributed by atoms with van der Waals surface area (Å²) in [4.78, 5) is 21.3. The molecule has 0 unspecified atom stereocenters. The van der Waals surface area contributed by atoms with Gasteiger partial charge in [0.2, 0.25) is 0 Å². The van der Waals surface area contributed by atoms with Gasteiger partial charge in [0, 0.05) is 12.8 Å². The fraction of sp³-hybridized carbons (Fsp3) is 0.545. The van der Waals surface area contributed by atoms with Crippen LogP contribution in [-0.2, 0) is 24.3 Å². The molecule has 0 heterocycles. The van der Waals surface area contributed by atoms with Crippen LogP contribution in [0.15, 0.2) is 16.6 Å². The summed E-state index contributed by atoms with van der Waals surface area (Å²) < 4.78 is 36.2. The smallest absolute Gasteiger partial charge is 0.466 e. The van der Waals surface area contributed by atoms with Crippen LogP contribution in [-0.4, -0.2) is 47.7 Å². The maximum atomic E-state index is 10.9. The fourth-order valence-corrected chi connectivity index (χ4v) is 2.47. The lowest BCUT2D eigenvalue weighted by atomic mass is 10.2. The predicted octanol–water partition coefficient (Wildman–Crippen LogP) is 1.45. The van der Waals surface area contributed by atoms with Crippen LogP contribution in [0.3, 0.4) is 0 Å². The molecule has 0 aromatic heterocycles. The molecule has 12 heteroatoms. The number of nitrogens with zero attached hydrogens (tertiary/aromatic N) is 1. The van der Waals surface area contributed by atoms with Gasteiger partial charge in [-0.25, -0.2) is 9.01 Å². The minimum Gasteiger partial charge on any atom is -0.481 e. The summed E-state index contributed by atoms with van der Waals surface area (Å²) in [6.45, 7) is 0. The Bertz CT molecular complexity index is 534. The number of hydrogen-bond donors (Lipinski definition) is 3. The fourth-order valence-electron chi connectivity index (χ4n) is 1.15. The van der Waals surface area contributed by atoms with E-state index in [2.05, 4.69) is 14.2 Å². The topological polar surface area (TPSA) is 142 Å². The molecule has 132 valence electrons. The Morgan fingerprint density at radius 1 is 1.43 bits per heavy atom. The molecule has 0 aromatic carbocycles. The van der Waals surface area contributed by atoms with E-state index in [4.69, 9.17) is 9.66 Å². The maximum absolute atomic E-state index is 10.9. The van der Waals surface area contributed by atoms with E-state index in [0.29, 0.717) is 19.1 Å². The summed E-state index contributed by atoms with van der Waals surface area (Å²) >= 11 is 2.33. The van der Waals surface area contributed by atoms with Gasteiger partial charge in [-0.3, -0.25) is 9.35 Å². The summed E-state index contributed by atoms with van der Waals surface area (Å²) in [6.07, 6.45) is 4.96. The molecule has 0 amide bonds. The van der Waals surface area contributed by atoms with E-state index in [0.717, 1.165) is 11.9 Å². The normalized spacial score (nSPS) is 13.9. The van der Waals surface area contributed by atoms with Crippen molar-refractivity contribution in [3.8, 4) is 0 Å². The number of allylic oxidation sites excluding steroid dienone is 1. The summed E-state index contributed by atoms with van der Waals surface area (Å²) in [5.41, 5.74) is 0. The zero-order valence-electron chi connectivity index (χ0n) is 12.2. The monoisotopic (exact) mass is 386 g/mol. The number of carbonyl (C=O) groups excluding carboxylic acids is 1. The van der Waals surface area contributed by atoms with E-state index in [1.54, 1.807) is 0 Å². The highest BCUT2D eigenvalue weighted by atomic mass is 32.3. The number of oxime groups is 1. The molecule has 0 bridgehead atoms. The molecular formula is C11H18N2O7S3. The third-order valence-electron chi connectivity index (χ3n) is 2.15. The van der Waals surface area contributed by atoms with Crippen LogP contribution < -0.4 is 4.72 Å². The molecule has 0 aliphatic heterocycles. The van der Waals surface area contributed by atoms with Gasteiger partial charge in [0.05, 0.1) is 6.04 Å². The van der Waals surface area contributed by atoms with E-state index >= 15 is 0 Å². The molecule has 0 aliphatic rings. The van der Waals surface area contributed by atoms with Gasteiger partial charge in [-0.2, -0.15) is 8.42 Å². The number of aliphatic carboxylic acids is 1. The summed E-state index contributed by atoms with van der Waals surface area (Å²) in [5.74, 6) is -1.03. The second-order valence-corrected chi connectivity index (χ2v) is 6.69. The van der Waals surface area contributed by atoms with Crippen molar-refractivity contribution in [2.75, 3.05) is 6.26 Å². The number of carboxylic acids is 1. The molecule has 3 N–H and O–H groups in total. The highest BCUT2D eigenvalue weighted by molar-refractivity contribution is 8.12. The lowest BCUT2D eigenvalue weighted by Gasteiger charge is -2.11. The van der Waals surface area contributed by atoms with Gasteiger partial charge in [0.1, 0.15) is 11.3 Å². The van der Waals surface area contributed by atoms with Gasteiger partial charge in [-0.15, -0.1) is 11.8 Å². The highest BCUT2D eigenvalue weighted by Gasteiger charge is 2.12. The van der Waals surface area contributed by atoms with Crippen LogP contribution >= 0.6 is 23.7 Å². The molecule has 1 atom stereocenters. The van der Waals surface area contributed by atoms with E-state index in [1.807, 2.05) is 17.7 Å². The number of nitrogens with one attached hydrogen (secondary N) is 1. The van der Waals surface area contributed by atoms with Crippen LogP contribution in [0.5, 0.6) is 0 Å². The molecule has 0 saturated carbocycles. The van der Waals surface area contributed by atoms with E-state index in [1.165, 1.54) is 11.8 Å². The molecular weight excluding hydrogens is 368 g/mol. The van der Waals surface area contributed by atoms with E-state index in [-0.39, 0.29) is 17.9 Å². The first-order chi connectivity index (χ1) is 10.8. The van der Waals surface area contributed by atoms with Crippen LogP contribution in [0.2, 0.25) is 0 Å². The molecule has 0 fully saturated rings. The third-order valence-corrected chi connectivity index (χ3v) is 3.81. The van der Waals surface area contributed by atoms with Gasteiger partial charge in [0.25, 0.3) is 0 Å². The first-order valence-corrected chi connectivity index (χ1v) is 9.75. The first-order valence-electron chi connectivity index (χ1n) is 6.28. The second kappa shape index (κ2) is 12.4. The summed E-state index contributed by atoms with van der Waals surface area (Å²) in [7, 11) is -4.72. The van der Waals surface area contributed by atoms with Crippen molar-refractivity contribution in [3.05, 3.63) is 11.5 Å². The average Bonchev–Trinajstić information content (AvgIpc) is 2.47. The Kier molecular flexibility index (Phi) is 11.8. The molecule has 23 heavy (non-hydrogen) atoms. The predicted molar refractivity (Wildman–Crippen MR) is 89.4 cm³/mol. The second-order valence-electron chi connectivity index (χ2n) is 4.03. The number of carboxylic acid groups (broad SMARTS) is 1. The van der Waals surface area contributed by atoms with Gasteiger partial charge < -0.3 is 9.90 Å². The van der Waals surface area contributed by atoms with Crippen molar-refractivity contribution in [1.29, 1.82) is 0 Å². The standard InChI is InChI=1S/C11H18N2O7S3/c1-21-7-3-2-4-10(12-20-23(17,18)19)22-13-9(8-14)5-6-11(15)16/h3,7-9,13H,2,4-6H2,1H3,(H,15,16)(H,17,18,19)/b7-3+,12-10-/t9-/m0/s1. The Balaban J connectivity index is 4.62. The Morgan fingerprint density at radius 2 is 2.13 bits per heavy atom. The maximum Gasteiger partial charge on any atom is 0.466 e. The SMILES string of the molecule is CS/C=C/CC/C(=N/OS(=O)(=O)O)SN[C@H](C=O)CCC(=O)O. The number of hydrogen-bond acceptors (Lipinski definition) is 9. The van der Waals surface area contributed by atoms with Crippen LogP contribution in [0, 0.1) is 0 Å². The largest absolute Gasteiger partial charge is 0.481 e. The molecule has 0 saturated heterocycles. The van der Waals surface area contributed by atoms with Crippen molar-refractivity contribution < 1.29 is 31.9 Å². The van der Waals surface area contributed by atoms with Crippen molar-refractivity contribution >= 4 is 51.4 Å². The lowest BCUT2D eigenvalue weighted by Crippen LogP contribution is -2.27. The molecule has 0 spiro atoms. The third kappa shape index (κ3) is 14.3. The number of thioether (sulfide) groups is 1. The zero-order chi connectivity index (χ0) is 17.7. The molecule has 9 nitrogen and oxygen atoms in total. The molecule has 0 rings (SSSR count). The van der Waals surface area contributed by atoms with Crippen LogP contribution in [0.1, 0.15) is 25.7 Å². The number of carbonyl (C=O) groups is 2. The summed E-state index contributed by atoms with van der Waals surface area (Å²) in [6, 6.07) is -0.742. The first kappa shape index (κ1) is 21.9. The van der Waals surface area contributed by atoms with Gasteiger partial charge in [-0.1, -0.05) is 11.2 Å². The van der Waals surface area contributed by atoms with E-state index in [9.17, 15) is 18.0 Å². The minimum atomic E-state index is -4.72.